The second-order valence-electron chi connectivity index (χ2n) is 7.04. The normalized spacial score (nSPS) is 20.3. The summed E-state index contributed by atoms with van der Waals surface area (Å²) in [5.41, 5.74) is 4.50. The van der Waals surface area contributed by atoms with Crippen molar-refractivity contribution in [3.63, 3.8) is 0 Å². The molecule has 2 atom stereocenters. The molecule has 2 rings (SSSR count). The van der Waals surface area contributed by atoms with E-state index in [9.17, 15) is 9.59 Å². The van der Waals surface area contributed by atoms with Gasteiger partial charge in [-0.2, -0.15) is 0 Å². The number of hydrogen-bond donors (Lipinski definition) is 0. The minimum absolute atomic E-state index is 0.00379. The van der Waals surface area contributed by atoms with Crippen molar-refractivity contribution in [3.05, 3.63) is 34.4 Å². The molecule has 0 saturated carbocycles. The van der Waals surface area contributed by atoms with Crippen LogP contribution in [0.2, 0.25) is 0 Å². The van der Waals surface area contributed by atoms with E-state index < -0.39 is 12.4 Å². The van der Waals surface area contributed by atoms with Gasteiger partial charge in [0, 0.05) is 13.0 Å². The highest BCUT2D eigenvalue weighted by molar-refractivity contribution is 5.80. The molecule has 2 unspecified atom stereocenters. The van der Waals surface area contributed by atoms with E-state index in [0.717, 1.165) is 23.1 Å². The number of benzene rings is 1. The van der Waals surface area contributed by atoms with Crippen LogP contribution in [-0.2, 0) is 20.7 Å². The zero-order valence-corrected chi connectivity index (χ0v) is 15.9. The molecule has 0 bridgehead atoms. The van der Waals surface area contributed by atoms with Crippen LogP contribution in [0.25, 0.3) is 0 Å². The zero-order chi connectivity index (χ0) is 18.6. The van der Waals surface area contributed by atoms with Crippen molar-refractivity contribution >= 4 is 12.1 Å². The summed E-state index contributed by atoms with van der Waals surface area (Å²) in [5.74, 6) is 0.391. The molecule has 0 radical (unpaired) electrons. The summed E-state index contributed by atoms with van der Waals surface area (Å²) in [6.07, 6.45) is 0.665. The van der Waals surface area contributed by atoms with Gasteiger partial charge in [0.05, 0.1) is 13.0 Å². The van der Waals surface area contributed by atoms with Gasteiger partial charge in [0.15, 0.2) is 6.23 Å². The number of carbonyl (C=O) groups excluding carboxylic acids is 2. The number of amides is 1. The second-order valence-corrected chi connectivity index (χ2v) is 7.04. The smallest absolute Gasteiger partial charge is 0.435 e. The van der Waals surface area contributed by atoms with E-state index in [4.69, 9.17) is 9.47 Å². The summed E-state index contributed by atoms with van der Waals surface area (Å²) in [6.45, 7) is 10.8. The third-order valence-electron chi connectivity index (χ3n) is 4.75. The minimum Gasteiger partial charge on any atom is -0.435 e. The lowest BCUT2D eigenvalue weighted by Crippen LogP contribution is -2.49. The first-order valence-electron chi connectivity index (χ1n) is 9.01. The molecule has 5 heteroatoms. The lowest BCUT2D eigenvalue weighted by atomic mass is 9.95. The summed E-state index contributed by atoms with van der Waals surface area (Å²) < 4.78 is 10.2. The van der Waals surface area contributed by atoms with Crippen molar-refractivity contribution in [3.8, 4) is 0 Å². The first-order chi connectivity index (χ1) is 11.8. The highest BCUT2D eigenvalue weighted by atomic mass is 16.7. The van der Waals surface area contributed by atoms with Crippen molar-refractivity contribution in [1.82, 2.24) is 4.90 Å². The summed E-state index contributed by atoms with van der Waals surface area (Å²) in [5, 5.41) is 0. The van der Waals surface area contributed by atoms with Crippen molar-refractivity contribution in [2.45, 2.75) is 60.1 Å². The maximum atomic E-state index is 12.9. The summed E-state index contributed by atoms with van der Waals surface area (Å²) in [4.78, 5) is 26.3. The third-order valence-corrected chi connectivity index (χ3v) is 4.75. The van der Waals surface area contributed by atoms with Gasteiger partial charge < -0.3 is 14.4 Å². The van der Waals surface area contributed by atoms with Gasteiger partial charge in [-0.05, 0) is 56.7 Å². The molecule has 0 N–H and O–H groups in total. The Kier molecular flexibility index (Phi) is 6.45. The van der Waals surface area contributed by atoms with Crippen LogP contribution in [0.3, 0.4) is 0 Å². The van der Waals surface area contributed by atoms with Crippen LogP contribution in [0.1, 0.15) is 48.9 Å². The van der Waals surface area contributed by atoms with Crippen LogP contribution in [0.15, 0.2) is 12.1 Å². The summed E-state index contributed by atoms with van der Waals surface area (Å²) >= 11 is 0. The monoisotopic (exact) mass is 347 g/mol. The van der Waals surface area contributed by atoms with E-state index in [2.05, 4.69) is 26.0 Å². The van der Waals surface area contributed by atoms with Gasteiger partial charge in [-0.25, -0.2) is 4.79 Å². The molecule has 5 nitrogen and oxygen atoms in total. The first kappa shape index (κ1) is 19.3. The minimum atomic E-state index is -0.706. The van der Waals surface area contributed by atoms with E-state index in [1.807, 2.05) is 13.8 Å². The first-order valence-corrected chi connectivity index (χ1v) is 9.01. The third kappa shape index (κ3) is 4.97. The molecule has 0 aliphatic carbocycles. The number of nitrogens with zero attached hydrogens (tertiary/aromatic N) is 1. The Morgan fingerprint density at radius 1 is 1.16 bits per heavy atom. The number of rotatable bonds is 4. The van der Waals surface area contributed by atoms with Crippen LogP contribution in [0.4, 0.5) is 4.79 Å². The lowest BCUT2D eigenvalue weighted by molar-refractivity contribution is -0.148. The molecule has 1 amide bonds. The van der Waals surface area contributed by atoms with E-state index in [1.54, 1.807) is 11.8 Å². The van der Waals surface area contributed by atoms with Gasteiger partial charge in [0.1, 0.15) is 0 Å². The second kappa shape index (κ2) is 8.37. The van der Waals surface area contributed by atoms with Crippen molar-refractivity contribution in [2.75, 3.05) is 13.2 Å². The molecule has 1 aromatic rings. The standard InChI is InChI=1S/C20H29NO4/c1-6-24-20(23)25-19-8-7-13(2)12-21(19)18(22)11-17-15(4)9-14(3)10-16(17)5/h9-10,13,19H,6-8,11-12H2,1-5H3. The molecule has 0 spiro atoms. The molecule has 25 heavy (non-hydrogen) atoms. The molecule has 138 valence electrons. The average molecular weight is 347 g/mol. The Hall–Kier alpha value is -2.04. The molecule has 1 aromatic carbocycles. The number of likely N-dealkylation sites (tertiary alicyclic amines) is 1. The largest absolute Gasteiger partial charge is 0.510 e. The summed E-state index contributed by atoms with van der Waals surface area (Å²) in [7, 11) is 0. The highest BCUT2D eigenvalue weighted by Gasteiger charge is 2.33. The molecular weight excluding hydrogens is 318 g/mol. The number of carbonyl (C=O) groups is 2. The van der Waals surface area contributed by atoms with Crippen LogP contribution >= 0.6 is 0 Å². The van der Waals surface area contributed by atoms with Gasteiger partial charge >= 0.3 is 6.16 Å². The topological polar surface area (TPSA) is 55.8 Å². The zero-order valence-electron chi connectivity index (χ0n) is 15.9. The molecule has 1 saturated heterocycles. The highest BCUT2D eigenvalue weighted by Crippen LogP contribution is 2.25. The SMILES string of the molecule is CCOC(=O)OC1CCC(C)CN1C(=O)Cc1c(C)cc(C)cc1C. The van der Waals surface area contributed by atoms with E-state index in [-0.39, 0.29) is 12.5 Å². The Morgan fingerprint density at radius 2 is 1.80 bits per heavy atom. The summed E-state index contributed by atoms with van der Waals surface area (Å²) in [6, 6.07) is 4.20. The molecule has 1 aliphatic rings. The van der Waals surface area contributed by atoms with Gasteiger partial charge in [-0.1, -0.05) is 24.6 Å². The average Bonchev–Trinajstić information content (AvgIpc) is 2.52. The fourth-order valence-corrected chi connectivity index (χ4v) is 3.52. The van der Waals surface area contributed by atoms with Crippen LogP contribution < -0.4 is 0 Å². The Bertz CT molecular complexity index is 618. The van der Waals surface area contributed by atoms with Crippen LogP contribution in [0.5, 0.6) is 0 Å². The van der Waals surface area contributed by atoms with Crippen molar-refractivity contribution in [2.24, 2.45) is 5.92 Å². The Balaban J connectivity index is 2.14. The van der Waals surface area contributed by atoms with Crippen molar-refractivity contribution in [1.29, 1.82) is 0 Å². The maximum Gasteiger partial charge on any atom is 0.510 e. The molecule has 1 aliphatic heterocycles. The molecular formula is C20H29NO4. The Morgan fingerprint density at radius 3 is 2.40 bits per heavy atom. The van der Waals surface area contributed by atoms with E-state index in [0.29, 0.717) is 25.3 Å². The van der Waals surface area contributed by atoms with Gasteiger partial charge in [-0.15, -0.1) is 0 Å². The maximum absolute atomic E-state index is 12.9. The van der Waals surface area contributed by atoms with E-state index >= 15 is 0 Å². The van der Waals surface area contributed by atoms with Gasteiger partial charge in [-0.3, -0.25) is 4.79 Å². The van der Waals surface area contributed by atoms with Gasteiger partial charge in [0.25, 0.3) is 0 Å². The number of ether oxygens (including phenoxy) is 2. The molecule has 0 aromatic heterocycles. The fraction of sp³-hybridized carbons (Fsp3) is 0.600. The van der Waals surface area contributed by atoms with Crippen LogP contribution in [0, 0.1) is 26.7 Å². The fourth-order valence-electron chi connectivity index (χ4n) is 3.52. The Labute approximate surface area is 150 Å². The number of hydrogen-bond acceptors (Lipinski definition) is 4. The quantitative estimate of drug-likeness (QED) is 0.775. The predicted octanol–water partition coefficient (Wildman–Crippen LogP) is 3.91. The van der Waals surface area contributed by atoms with Crippen LogP contribution in [-0.4, -0.2) is 36.3 Å². The lowest BCUT2D eigenvalue weighted by Gasteiger charge is -2.37. The molecule has 1 fully saturated rings. The molecule has 1 heterocycles. The van der Waals surface area contributed by atoms with Crippen molar-refractivity contribution < 1.29 is 19.1 Å². The van der Waals surface area contributed by atoms with Gasteiger partial charge in [0.2, 0.25) is 5.91 Å². The number of piperidine rings is 1. The van der Waals surface area contributed by atoms with E-state index in [1.165, 1.54) is 5.56 Å². The predicted molar refractivity (Wildman–Crippen MR) is 96.4 cm³/mol. The number of aryl methyl sites for hydroxylation is 3.